The highest BCUT2D eigenvalue weighted by Crippen LogP contribution is 2.22. The van der Waals surface area contributed by atoms with Gasteiger partial charge in [0.15, 0.2) is 0 Å². The molecule has 2 aromatic rings. The zero-order valence-electron chi connectivity index (χ0n) is 12.5. The summed E-state index contributed by atoms with van der Waals surface area (Å²) in [4.78, 5) is 0. The van der Waals surface area contributed by atoms with E-state index in [9.17, 15) is 9.50 Å². The van der Waals surface area contributed by atoms with Crippen molar-refractivity contribution in [2.24, 2.45) is 7.05 Å². The van der Waals surface area contributed by atoms with Gasteiger partial charge in [-0.05, 0) is 44.4 Å². The molecule has 5 heteroatoms. The number of nitrogens with zero attached hydrogens (tertiary/aromatic N) is 2. The Morgan fingerprint density at radius 1 is 1.33 bits per heavy atom. The molecule has 114 valence electrons. The Morgan fingerprint density at radius 2 is 2.05 bits per heavy atom. The average molecular weight is 311 g/mol. The van der Waals surface area contributed by atoms with E-state index in [1.54, 1.807) is 12.1 Å². The molecule has 0 aliphatic rings. The molecule has 21 heavy (non-hydrogen) atoms. The molecule has 0 aliphatic carbocycles. The van der Waals surface area contributed by atoms with Crippen LogP contribution >= 0.6 is 11.6 Å². The van der Waals surface area contributed by atoms with E-state index in [1.165, 1.54) is 6.07 Å². The molecule has 0 saturated heterocycles. The lowest BCUT2D eigenvalue weighted by Gasteiger charge is -2.12. The number of aryl methyl sites for hydroxylation is 2. The number of benzene rings is 1. The highest BCUT2D eigenvalue weighted by atomic mass is 35.5. The molecule has 1 aromatic carbocycles. The molecule has 3 nitrogen and oxygen atoms in total. The summed E-state index contributed by atoms with van der Waals surface area (Å²) in [7, 11) is 1.90. The van der Waals surface area contributed by atoms with E-state index >= 15 is 0 Å². The van der Waals surface area contributed by atoms with E-state index < -0.39 is 6.10 Å². The monoisotopic (exact) mass is 310 g/mol. The fourth-order valence-corrected chi connectivity index (χ4v) is 2.80. The lowest BCUT2D eigenvalue weighted by atomic mass is 10.00. The molecule has 0 bridgehead atoms. The topological polar surface area (TPSA) is 38.0 Å². The fraction of sp³-hybridized carbons (Fsp3) is 0.438. The molecule has 1 unspecified atom stereocenters. The van der Waals surface area contributed by atoms with Gasteiger partial charge in [0.05, 0.1) is 11.8 Å². The molecular weight excluding hydrogens is 291 g/mol. The molecule has 1 atom stereocenters. The van der Waals surface area contributed by atoms with Crippen LogP contribution in [0.25, 0.3) is 0 Å². The Hall–Kier alpha value is -1.39. The van der Waals surface area contributed by atoms with Gasteiger partial charge < -0.3 is 5.11 Å². The van der Waals surface area contributed by atoms with Crippen molar-refractivity contribution in [3.63, 3.8) is 0 Å². The maximum absolute atomic E-state index is 13.7. The minimum absolute atomic E-state index is 0.226. The summed E-state index contributed by atoms with van der Waals surface area (Å²) in [6, 6.07) is 4.57. The second-order valence-electron chi connectivity index (χ2n) is 5.37. The van der Waals surface area contributed by atoms with Crippen molar-refractivity contribution in [1.82, 2.24) is 9.78 Å². The molecule has 0 spiro atoms. The SMILES string of the molecule is Cc1nn(C)c(C)c1CCC(O)Cc1c(F)cccc1Cl. The highest BCUT2D eigenvalue weighted by Gasteiger charge is 2.15. The van der Waals surface area contributed by atoms with Gasteiger partial charge in [0.1, 0.15) is 5.82 Å². The predicted octanol–water partition coefficient (Wildman–Crippen LogP) is 3.37. The van der Waals surface area contributed by atoms with Gasteiger partial charge >= 0.3 is 0 Å². The predicted molar refractivity (Wildman–Crippen MR) is 82.1 cm³/mol. The highest BCUT2D eigenvalue weighted by molar-refractivity contribution is 6.31. The zero-order valence-corrected chi connectivity index (χ0v) is 13.3. The van der Waals surface area contributed by atoms with Crippen molar-refractivity contribution in [2.75, 3.05) is 0 Å². The summed E-state index contributed by atoms with van der Waals surface area (Å²) in [6.07, 6.45) is 0.874. The number of hydrogen-bond acceptors (Lipinski definition) is 2. The van der Waals surface area contributed by atoms with Crippen molar-refractivity contribution >= 4 is 11.6 Å². The number of aliphatic hydroxyl groups is 1. The number of hydrogen-bond donors (Lipinski definition) is 1. The Labute approximate surface area is 129 Å². The Balaban J connectivity index is 2.01. The van der Waals surface area contributed by atoms with E-state index in [4.69, 9.17) is 11.6 Å². The van der Waals surface area contributed by atoms with Crippen molar-refractivity contribution in [1.29, 1.82) is 0 Å². The Kier molecular flexibility index (Phi) is 5.01. The van der Waals surface area contributed by atoms with Crippen LogP contribution in [0.1, 0.15) is 28.9 Å². The van der Waals surface area contributed by atoms with Crippen LogP contribution in [0.5, 0.6) is 0 Å². The summed E-state index contributed by atoms with van der Waals surface area (Å²) in [6.45, 7) is 3.97. The van der Waals surface area contributed by atoms with Crippen LogP contribution in [0, 0.1) is 19.7 Å². The van der Waals surface area contributed by atoms with Crippen LogP contribution in [-0.2, 0) is 19.9 Å². The van der Waals surface area contributed by atoms with Gasteiger partial charge in [0, 0.05) is 29.7 Å². The first-order valence-corrected chi connectivity index (χ1v) is 7.38. The first-order valence-electron chi connectivity index (χ1n) is 7.00. The average Bonchev–Trinajstić information content (AvgIpc) is 2.66. The van der Waals surface area contributed by atoms with E-state index in [-0.39, 0.29) is 12.2 Å². The quantitative estimate of drug-likeness (QED) is 0.919. The normalized spacial score (nSPS) is 12.7. The summed E-state index contributed by atoms with van der Waals surface area (Å²) in [5.41, 5.74) is 3.61. The van der Waals surface area contributed by atoms with E-state index in [1.807, 2.05) is 25.6 Å². The molecule has 0 amide bonds. The van der Waals surface area contributed by atoms with Crippen LogP contribution in [-0.4, -0.2) is 21.0 Å². The second-order valence-corrected chi connectivity index (χ2v) is 5.78. The molecule has 0 saturated carbocycles. The van der Waals surface area contributed by atoms with Gasteiger partial charge in [-0.3, -0.25) is 4.68 Å². The Bertz CT molecular complexity index is 619. The number of rotatable bonds is 5. The summed E-state index contributed by atoms with van der Waals surface area (Å²) in [5.74, 6) is -0.365. The van der Waals surface area contributed by atoms with E-state index in [0.717, 1.165) is 23.4 Å². The summed E-state index contributed by atoms with van der Waals surface area (Å²) >= 11 is 5.98. The van der Waals surface area contributed by atoms with Crippen LogP contribution in [0.15, 0.2) is 18.2 Å². The van der Waals surface area contributed by atoms with Crippen LogP contribution < -0.4 is 0 Å². The first kappa shape index (κ1) is 16.0. The summed E-state index contributed by atoms with van der Waals surface area (Å²) < 4.78 is 15.5. The van der Waals surface area contributed by atoms with Gasteiger partial charge in [0.2, 0.25) is 0 Å². The third kappa shape index (κ3) is 3.63. The van der Waals surface area contributed by atoms with Crippen LogP contribution in [0.3, 0.4) is 0 Å². The summed E-state index contributed by atoms with van der Waals surface area (Å²) in [5, 5.41) is 14.9. The zero-order chi connectivity index (χ0) is 15.6. The van der Waals surface area contributed by atoms with Gasteiger partial charge in [-0.15, -0.1) is 0 Å². The largest absolute Gasteiger partial charge is 0.393 e. The van der Waals surface area contributed by atoms with Crippen molar-refractivity contribution < 1.29 is 9.50 Å². The van der Waals surface area contributed by atoms with Gasteiger partial charge in [0.25, 0.3) is 0 Å². The van der Waals surface area contributed by atoms with E-state index in [0.29, 0.717) is 17.0 Å². The molecule has 0 radical (unpaired) electrons. The lowest BCUT2D eigenvalue weighted by Crippen LogP contribution is -2.13. The molecular formula is C16H20ClFN2O. The number of aromatic nitrogens is 2. The minimum Gasteiger partial charge on any atom is -0.393 e. The second kappa shape index (κ2) is 6.58. The minimum atomic E-state index is -0.626. The third-order valence-corrected chi connectivity index (χ3v) is 4.24. The third-order valence-electron chi connectivity index (χ3n) is 3.89. The van der Waals surface area contributed by atoms with Crippen LogP contribution in [0.4, 0.5) is 4.39 Å². The van der Waals surface area contributed by atoms with Crippen molar-refractivity contribution in [3.05, 3.63) is 51.6 Å². The lowest BCUT2D eigenvalue weighted by molar-refractivity contribution is 0.164. The number of aliphatic hydroxyl groups excluding tert-OH is 1. The molecule has 1 aromatic heterocycles. The van der Waals surface area contributed by atoms with Gasteiger partial charge in [-0.1, -0.05) is 17.7 Å². The number of halogens is 2. The fourth-order valence-electron chi connectivity index (χ4n) is 2.56. The van der Waals surface area contributed by atoms with Gasteiger partial charge in [-0.2, -0.15) is 5.10 Å². The first-order chi connectivity index (χ1) is 9.90. The maximum Gasteiger partial charge on any atom is 0.127 e. The molecule has 0 fully saturated rings. The molecule has 1 heterocycles. The molecule has 0 aliphatic heterocycles. The van der Waals surface area contributed by atoms with Crippen molar-refractivity contribution in [3.8, 4) is 0 Å². The molecule has 2 rings (SSSR count). The maximum atomic E-state index is 13.7. The van der Waals surface area contributed by atoms with E-state index in [2.05, 4.69) is 5.10 Å². The van der Waals surface area contributed by atoms with Crippen molar-refractivity contribution in [2.45, 2.75) is 39.2 Å². The van der Waals surface area contributed by atoms with Crippen LogP contribution in [0.2, 0.25) is 5.02 Å². The Morgan fingerprint density at radius 3 is 2.62 bits per heavy atom. The standard InChI is InChI=1S/C16H20ClFN2O/c1-10-13(11(2)20(3)19-10)8-7-12(21)9-14-15(17)5-4-6-16(14)18/h4-6,12,21H,7-9H2,1-3H3. The molecule has 1 N–H and O–H groups in total. The van der Waals surface area contributed by atoms with Gasteiger partial charge in [-0.25, -0.2) is 4.39 Å². The smallest absolute Gasteiger partial charge is 0.127 e.